The third-order valence-electron chi connectivity index (χ3n) is 5.58. The predicted octanol–water partition coefficient (Wildman–Crippen LogP) is 2.50. The minimum absolute atomic E-state index is 0.0994. The molecule has 0 unspecified atom stereocenters. The summed E-state index contributed by atoms with van der Waals surface area (Å²) in [7, 11) is 3.11. The number of rotatable bonds is 3. The average Bonchev–Trinajstić information content (AvgIpc) is 2.72. The topological polar surface area (TPSA) is 60.1 Å². The molecule has 1 fully saturated rings. The Balaban J connectivity index is 1.73. The summed E-state index contributed by atoms with van der Waals surface area (Å²) in [5.41, 5.74) is 1.61. The Kier molecular flexibility index (Phi) is 4.85. The first-order chi connectivity index (χ1) is 13.5. The number of hydrogen-bond donors (Lipinski definition) is 0. The largest absolute Gasteiger partial charge is 0.332 e. The van der Waals surface area contributed by atoms with Gasteiger partial charge in [0.1, 0.15) is 11.5 Å². The summed E-state index contributed by atoms with van der Waals surface area (Å²) in [6, 6.07) is 10.3. The first-order valence-electron chi connectivity index (χ1n) is 9.51. The molecule has 1 saturated heterocycles. The summed E-state index contributed by atoms with van der Waals surface area (Å²) in [5.74, 6) is -0.238. The molecule has 3 heterocycles. The smallest absolute Gasteiger partial charge is 0.291 e. The number of aryl methyl sites for hydroxylation is 1. The number of benzene rings is 1. The van der Waals surface area contributed by atoms with Gasteiger partial charge in [0.05, 0.1) is 17.1 Å². The third kappa shape index (κ3) is 3.26. The lowest BCUT2D eigenvalue weighted by Crippen LogP contribution is -2.38. The van der Waals surface area contributed by atoms with Gasteiger partial charge < -0.3 is 0 Å². The second-order valence-corrected chi connectivity index (χ2v) is 7.42. The molecule has 7 heteroatoms. The van der Waals surface area contributed by atoms with E-state index in [0.717, 1.165) is 41.6 Å². The van der Waals surface area contributed by atoms with E-state index in [-0.39, 0.29) is 23.1 Å². The van der Waals surface area contributed by atoms with Crippen molar-refractivity contribution in [1.82, 2.24) is 19.0 Å². The first kappa shape index (κ1) is 18.6. The minimum atomic E-state index is -0.381. The Bertz CT molecular complexity index is 1130. The third-order valence-corrected chi connectivity index (χ3v) is 5.58. The van der Waals surface area contributed by atoms with Gasteiger partial charge in [-0.05, 0) is 49.2 Å². The molecule has 0 saturated carbocycles. The molecule has 2 aromatic heterocycles. The van der Waals surface area contributed by atoms with Gasteiger partial charge in [-0.1, -0.05) is 18.6 Å². The predicted molar refractivity (Wildman–Crippen MR) is 106 cm³/mol. The lowest BCUT2D eigenvalue weighted by molar-refractivity contribution is 0.137. The van der Waals surface area contributed by atoms with Crippen molar-refractivity contribution in [3.05, 3.63) is 74.3 Å². The van der Waals surface area contributed by atoms with Crippen LogP contribution in [0.4, 0.5) is 4.39 Å². The van der Waals surface area contributed by atoms with Crippen LogP contribution in [0, 0.1) is 5.82 Å². The van der Waals surface area contributed by atoms with Gasteiger partial charge in [0.15, 0.2) is 0 Å². The molecule has 0 radical (unpaired) electrons. The van der Waals surface area contributed by atoms with Crippen LogP contribution in [0.2, 0.25) is 0 Å². The van der Waals surface area contributed by atoms with E-state index in [0.29, 0.717) is 17.6 Å². The molecule has 1 aliphatic rings. The SMILES string of the molecule is Cn1c(=O)c2ccc([C@@H]3CCCCN3Cc3ccc(F)cc3)nc2n(C)c1=O. The van der Waals surface area contributed by atoms with Gasteiger partial charge in [-0.2, -0.15) is 0 Å². The maximum Gasteiger partial charge on any atom is 0.332 e. The Morgan fingerprint density at radius 2 is 1.79 bits per heavy atom. The number of halogens is 1. The van der Waals surface area contributed by atoms with Crippen molar-refractivity contribution < 1.29 is 4.39 Å². The van der Waals surface area contributed by atoms with Crippen molar-refractivity contribution in [1.29, 1.82) is 0 Å². The van der Waals surface area contributed by atoms with Gasteiger partial charge in [-0.15, -0.1) is 0 Å². The molecule has 0 amide bonds. The summed E-state index contributed by atoms with van der Waals surface area (Å²) in [5, 5.41) is 0.439. The highest BCUT2D eigenvalue weighted by Crippen LogP contribution is 2.31. The van der Waals surface area contributed by atoms with Crippen LogP contribution in [0.25, 0.3) is 11.0 Å². The fourth-order valence-electron chi connectivity index (χ4n) is 3.99. The number of piperidine rings is 1. The van der Waals surface area contributed by atoms with E-state index in [1.807, 2.05) is 18.2 Å². The maximum atomic E-state index is 13.2. The van der Waals surface area contributed by atoms with Gasteiger partial charge in [0, 0.05) is 20.6 Å². The van der Waals surface area contributed by atoms with E-state index in [2.05, 4.69) is 4.90 Å². The van der Waals surface area contributed by atoms with Gasteiger partial charge in [-0.25, -0.2) is 14.2 Å². The van der Waals surface area contributed by atoms with Crippen molar-refractivity contribution in [3.63, 3.8) is 0 Å². The molecule has 4 rings (SSSR count). The first-order valence-corrected chi connectivity index (χ1v) is 9.51. The normalized spacial score (nSPS) is 17.9. The molecular formula is C21H23FN4O2. The second kappa shape index (κ2) is 7.31. The van der Waals surface area contributed by atoms with Crippen LogP contribution in [0.3, 0.4) is 0 Å². The quantitative estimate of drug-likeness (QED) is 0.698. The summed E-state index contributed by atoms with van der Waals surface area (Å²) in [6.45, 7) is 1.64. The summed E-state index contributed by atoms with van der Waals surface area (Å²) >= 11 is 0. The van der Waals surface area contributed by atoms with Gasteiger partial charge in [-0.3, -0.25) is 18.8 Å². The molecule has 3 aromatic rings. The van der Waals surface area contributed by atoms with Crippen LogP contribution in [0.5, 0.6) is 0 Å². The van der Waals surface area contributed by atoms with Crippen molar-refractivity contribution >= 4 is 11.0 Å². The molecule has 6 nitrogen and oxygen atoms in total. The lowest BCUT2D eigenvalue weighted by atomic mass is 9.97. The molecule has 28 heavy (non-hydrogen) atoms. The molecule has 0 aliphatic carbocycles. The Hall–Kier alpha value is -2.80. The molecule has 0 N–H and O–H groups in total. The fraction of sp³-hybridized carbons (Fsp3) is 0.381. The van der Waals surface area contributed by atoms with Gasteiger partial charge >= 0.3 is 5.69 Å². The summed E-state index contributed by atoms with van der Waals surface area (Å²) in [6.07, 6.45) is 3.16. The zero-order valence-corrected chi connectivity index (χ0v) is 16.1. The van der Waals surface area contributed by atoms with Crippen LogP contribution in [-0.4, -0.2) is 25.6 Å². The van der Waals surface area contributed by atoms with Crippen molar-refractivity contribution in [2.75, 3.05) is 6.54 Å². The van der Waals surface area contributed by atoms with Gasteiger partial charge in [0.25, 0.3) is 5.56 Å². The molecule has 1 atom stereocenters. The number of pyridine rings is 1. The Morgan fingerprint density at radius 1 is 1.04 bits per heavy atom. The van der Waals surface area contributed by atoms with Crippen LogP contribution in [0.1, 0.15) is 36.6 Å². The lowest BCUT2D eigenvalue weighted by Gasteiger charge is -2.35. The van der Waals surface area contributed by atoms with Crippen molar-refractivity contribution in [2.24, 2.45) is 14.1 Å². The number of hydrogen-bond acceptors (Lipinski definition) is 4. The van der Waals surface area contributed by atoms with E-state index in [1.165, 1.54) is 23.7 Å². The second-order valence-electron chi connectivity index (χ2n) is 7.42. The number of aromatic nitrogens is 3. The Labute approximate surface area is 161 Å². The molecule has 0 spiro atoms. The number of fused-ring (bicyclic) bond motifs is 1. The standard InChI is InChI=1S/C21H23FN4O2/c1-24-19-16(20(27)25(2)21(24)28)10-11-17(23-19)18-5-3-4-12-26(18)13-14-6-8-15(22)9-7-14/h6-11,18H,3-5,12-13H2,1-2H3/t18-/m0/s1. The van der Waals surface area contributed by atoms with Crippen molar-refractivity contribution in [2.45, 2.75) is 31.8 Å². The molecule has 0 bridgehead atoms. The zero-order valence-electron chi connectivity index (χ0n) is 16.1. The van der Waals surface area contributed by atoms with Crippen LogP contribution in [0.15, 0.2) is 46.0 Å². The van der Waals surface area contributed by atoms with Gasteiger partial charge in [0.2, 0.25) is 0 Å². The highest BCUT2D eigenvalue weighted by molar-refractivity contribution is 5.74. The van der Waals surface area contributed by atoms with Crippen LogP contribution >= 0.6 is 0 Å². The van der Waals surface area contributed by atoms with E-state index < -0.39 is 0 Å². The summed E-state index contributed by atoms with van der Waals surface area (Å²) in [4.78, 5) is 31.7. The maximum absolute atomic E-state index is 13.2. The van der Waals surface area contributed by atoms with Crippen LogP contribution in [-0.2, 0) is 20.6 Å². The molecule has 1 aromatic carbocycles. The van der Waals surface area contributed by atoms with E-state index in [1.54, 1.807) is 13.1 Å². The monoisotopic (exact) mass is 382 g/mol. The Morgan fingerprint density at radius 3 is 2.54 bits per heavy atom. The number of likely N-dealkylation sites (tertiary alicyclic amines) is 1. The van der Waals surface area contributed by atoms with Crippen molar-refractivity contribution in [3.8, 4) is 0 Å². The molecular weight excluding hydrogens is 359 g/mol. The van der Waals surface area contributed by atoms with E-state index >= 15 is 0 Å². The molecule has 146 valence electrons. The molecule has 1 aliphatic heterocycles. The highest BCUT2D eigenvalue weighted by Gasteiger charge is 2.26. The summed E-state index contributed by atoms with van der Waals surface area (Å²) < 4.78 is 15.7. The average molecular weight is 382 g/mol. The minimum Gasteiger partial charge on any atom is -0.291 e. The highest BCUT2D eigenvalue weighted by atomic mass is 19.1. The van der Waals surface area contributed by atoms with E-state index in [4.69, 9.17) is 4.98 Å². The van der Waals surface area contributed by atoms with Crippen LogP contribution < -0.4 is 11.2 Å². The van der Waals surface area contributed by atoms with E-state index in [9.17, 15) is 14.0 Å². The fourth-order valence-corrected chi connectivity index (χ4v) is 3.99. The zero-order chi connectivity index (χ0) is 19.8. The number of nitrogens with zero attached hydrogens (tertiary/aromatic N) is 4.